The predicted octanol–water partition coefficient (Wildman–Crippen LogP) is 0.703. The molecule has 8 nitrogen and oxygen atoms in total. The van der Waals surface area contributed by atoms with E-state index in [1.165, 1.54) is 25.6 Å². The maximum Gasteiger partial charge on any atom is 0.315 e. The molecule has 4 unspecified atom stereocenters. The van der Waals surface area contributed by atoms with Crippen molar-refractivity contribution in [2.75, 3.05) is 13.2 Å². The van der Waals surface area contributed by atoms with Gasteiger partial charge in [0.2, 0.25) is 0 Å². The molecule has 3 rings (SSSR count). The molecule has 8 heteroatoms. The molecular formula is C18H28N4O4. The van der Waals surface area contributed by atoms with Crippen LogP contribution in [0.3, 0.4) is 0 Å². The number of rotatable bonds is 5. The maximum atomic E-state index is 11.9. The molecule has 0 aromatic carbocycles. The van der Waals surface area contributed by atoms with E-state index < -0.39 is 18.3 Å². The lowest BCUT2D eigenvalue weighted by molar-refractivity contribution is -0.147. The van der Waals surface area contributed by atoms with Gasteiger partial charge in [0.1, 0.15) is 12.4 Å². The van der Waals surface area contributed by atoms with Gasteiger partial charge in [0.15, 0.2) is 0 Å². The Kier molecular flexibility index (Phi) is 6.76. The van der Waals surface area contributed by atoms with Crippen molar-refractivity contribution in [1.82, 2.24) is 20.6 Å². The van der Waals surface area contributed by atoms with Gasteiger partial charge < -0.3 is 25.6 Å². The number of aromatic nitrogens is 2. The third kappa shape index (κ3) is 4.90. The Morgan fingerprint density at radius 3 is 2.62 bits per heavy atom. The predicted molar refractivity (Wildman–Crippen MR) is 94.6 cm³/mol. The van der Waals surface area contributed by atoms with Gasteiger partial charge in [-0.25, -0.2) is 14.8 Å². The van der Waals surface area contributed by atoms with Gasteiger partial charge in [-0.3, -0.25) is 0 Å². The number of nitrogens with one attached hydrogen (secondary N) is 2. The van der Waals surface area contributed by atoms with Gasteiger partial charge in [0.25, 0.3) is 0 Å². The maximum absolute atomic E-state index is 11.9. The standard InChI is InChI=1S/C18H28N4O4/c23-16-14(12-8-19-11-20-9-12)10-26-15(17(16)24)6-7-21-18(25)22-13-4-2-1-3-5-13/h8-9,11,13-17,23-24H,1-7,10H2,(H2,21,22,25). The number of carbonyl (C=O) groups is 1. The first-order chi connectivity index (χ1) is 12.6. The van der Waals surface area contributed by atoms with E-state index >= 15 is 0 Å². The summed E-state index contributed by atoms with van der Waals surface area (Å²) in [6.07, 6.45) is 8.27. The van der Waals surface area contributed by atoms with Crippen LogP contribution >= 0.6 is 0 Å². The number of nitrogens with zero attached hydrogens (tertiary/aromatic N) is 2. The number of hydrogen-bond donors (Lipinski definition) is 4. The molecule has 0 bridgehead atoms. The molecule has 0 radical (unpaired) electrons. The second kappa shape index (κ2) is 9.25. The van der Waals surface area contributed by atoms with Gasteiger partial charge in [-0.05, 0) is 24.8 Å². The van der Waals surface area contributed by atoms with Gasteiger partial charge in [-0.1, -0.05) is 19.3 Å². The van der Waals surface area contributed by atoms with Crippen molar-refractivity contribution in [3.8, 4) is 0 Å². The van der Waals surface area contributed by atoms with Crippen molar-refractivity contribution in [1.29, 1.82) is 0 Å². The van der Waals surface area contributed by atoms with Crippen molar-refractivity contribution < 1.29 is 19.7 Å². The van der Waals surface area contributed by atoms with E-state index in [0.29, 0.717) is 13.0 Å². The molecule has 2 heterocycles. The molecule has 1 aromatic heterocycles. The second-order valence-electron chi connectivity index (χ2n) is 7.16. The summed E-state index contributed by atoms with van der Waals surface area (Å²) in [5.41, 5.74) is 0.738. The number of ether oxygens (including phenoxy) is 1. The third-order valence-electron chi connectivity index (χ3n) is 5.30. The summed E-state index contributed by atoms with van der Waals surface area (Å²) in [5.74, 6) is -0.356. The fourth-order valence-electron chi connectivity index (χ4n) is 3.74. The zero-order chi connectivity index (χ0) is 18.4. The SMILES string of the molecule is O=C(NCCC1OCC(c2cncnc2)C(O)C1O)NC1CCCCC1. The van der Waals surface area contributed by atoms with Crippen LogP contribution in [0.2, 0.25) is 0 Å². The number of hydrogen-bond acceptors (Lipinski definition) is 6. The summed E-state index contributed by atoms with van der Waals surface area (Å²) in [4.78, 5) is 19.8. The molecule has 1 aliphatic heterocycles. The van der Waals surface area contributed by atoms with Crippen molar-refractivity contribution in [2.24, 2.45) is 0 Å². The van der Waals surface area contributed by atoms with Crippen LogP contribution in [0.15, 0.2) is 18.7 Å². The van der Waals surface area contributed by atoms with Crippen LogP contribution in [0, 0.1) is 0 Å². The fraction of sp³-hybridized carbons (Fsp3) is 0.722. The normalized spacial score (nSPS) is 29.9. The van der Waals surface area contributed by atoms with Crippen LogP contribution < -0.4 is 10.6 Å². The Balaban J connectivity index is 1.41. The molecular weight excluding hydrogens is 336 g/mol. The van der Waals surface area contributed by atoms with E-state index in [1.54, 1.807) is 12.4 Å². The van der Waals surface area contributed by atoms with Gasteiger partial charge >= 0.3 is 6.03 Å². The summed E-state index contributed by atoms with van der Waals surface area (Å²) < 4.78 is 5.72. The van der Waals surface area contributed by atoms with E-state index in [2.05, 4.69) is 20.6 Å². The number of urea groups is 1. The minimum absolute atomic E-state index is 0.179. The van der Waals surface area contributed by atoms with Crippen LogP contribution in [0.1, 0.15) is 50.0 Å². The number of aliphatic hydroxyl groups is 2. The molecule has 2 aliphatic rings. The molecule has 1 saturated carbocycles. The summed E-state index contributed by atoms with van der Waals surface area (Å²) in [6, 6.07) is 0.0815. The van der Waals surface area contributed by atoms with Gasteiger partial charge in [-0.15, -0.1) is 0 Å². The highest BCUT2D eigenvalue weighted by Crippen LogP contribution is 2.29. The highest BCUT2D eigenvalue weighted by Gasteiger charge is 2.39. The van der Waals surface area contributed by atoms with Gasteiger partial charge in [-0.2, -0.15) is 0 Å². The minimum atomic E-state index is -1.02. The van der Waals surface area contributed by atoms with E-state index in [4.69, 9.17) is 4.74 Å². The zero-order valence-corrected chi connectivity index (χ0v) is 14.9. The number of aliphatic hydroxyl groups excluding tert-OH is 2. The lowest BCUT2D eigenvalue weighted by atomic mass is 9.87. The largest absolute Gasteiger partial charge is 0.390 e. The summed E-state index contributed by atoms with van der Waals surface area (Å²) in [7, 11) is 0. The average molecular weight is 364 g/mol. The van der Waals surface area contributed by atoms with Gasteiger partial charge in [0.05, 0.1) is 18.8 Å². The number of amides is 2. The van der Waals surface area contributed by atoms with Gasteiger partial charge in [0, 0.05) is 30.9 Å². The Bertz CT molecular complexity index is 568. The van der Waals surface area contributed by atoms with Crippen LogP contribution in [-0.2, 0) is 4.74 Å². The second-order valence-corrected chi connectivity index (χ2v) is 7.16. The number of carbonyl (C=O) groups excluding carboxylic acids is 1. The van der Waals surface area contributed by atoms with Crippen molar-refractivity contribution in [3.63, 3.8) is 0 Å². The van der Waals surface area contributed by atoms with Crippen molar-refractivity contribution >= 4 is 6.03 Å². The van der Waals surface area contributed by atoms with Crippen LogP contribution in [0.25, 0.3) is 0 Å². The molecule has 0 spiro atoms. The molecule has 1 saturated heterocycles. The average Bonchev–Trinajstić information content (AvgIpc) is 2.67. The summed E-state index contributed by atoms with van der Waals surface area (Å²) in [5, 5.41) is 26.6. The molecule has 2 amide bonds. The van der Waals surface area contributed by atoms with E-state index in [0.717, 1.165) is 18.4 Å². The molecule has 1 aliphatic carbocycles. The summed E-state index contributed by atoms with van der Waals surface area (Å²) >= 11 is 0. The smallest absolute Gasteiger partial charge is 0.315 e. The molecule has 2 fully saturated rings. The first-order valence-electron chi connectivity index (χ1n) is 9.42. The molecule has 4 atom stereocenters. The zero-order valence-electron chi connectivity index (χ0n) is 14.9. The first-order valence-corrected chi connectivity index (χ1v) is 9.42. The lowest BCUT2D eigenvalue weighted by Gasteiger charge is -2.37. The van der Waals surface area contributed by atoms with Crippen molar-refractivity contribution in [2.45, 2.75) is 68.8 Å². The molecule has 144 valence electrons. The quantitative estimate of drug-likeness (QED) is 0.611. The highest BCUT2D eigenvalue weighted by molar-refractivity contribution is 5.74. The molecule has 26 heavy (non-hydrogen) atoms. The van der Waals surface area contributed by atoms with E-state index in [-0.39, 0.29) is 24.6 Å². The first kappa shape index (κ1) is 19.0. The Hall–Kier alpha value is -1.77. The molecule has 4 N–H and O–H groups in total. The topological polar surface area (TPSA) is 117 Å². The Morgan fingerprint density at radius 2 is 1.88 bits per heavy atom. The van der Waals surface area contributed by atoms with E-state index in [1.807, 2.05) is 0 Å². The third-order valence-corrected chi connectivity index (χ3v) is 5.30. The summed E-state index contributed by atoms with van der Waals surface area (Å²) in [6.45, 7) is 0.663. The molecule has 1 aromatic rings. The van der Waals surface area contributed by atoms with Crippen LogP contribution in [-0.4, -0.2) is 63.7 Å². The van der Waals surface area contributed by atoms with Crippen molar-refractivity contribution in [3.05, 3.63) is 24.3 Å². The van der Waals surface area contributed by atoms with E-state index in [9.17, 15) is 15.0 Å². The highest BCUT2D eigenvalue weighted by atomic mass is 16.5. The van der Waals surface area contributed by atoms with Crippen LogP contribution in [0.5, 0.6) is 0 Å². The monoisotopic (exact) mass is 364 g/mol. The Morgan fingerprint density at radius 1 is 1.15 bits per heavy atom. The fourth-order valence-corrected chi connectivity index (χ4v) is 3.74. The van der Waals surface area contributed by atoms with Crippen LogP contribution in [0.4, 0.5) is 4.79 Å². The Labute approximate surface area is 153 Å². The lowest BCUT2D eigenvalue weighted by Crippen LogP contribution is -2.50. The minimum Gasteiger partial charge on any atom is -0.390 e.